The number of rotatable bonds is 11. The summed E-state index contributed by atoms with van der Waals surface area (Å²) < 4.78 is 6.80. The van der Waals surface area contributed by atoms with Gasteiger partial charge in [-0.15, -0.1) is 0 Å². The van der Waals surface area contributed by atoms with Crippen LogP contribution in [0.3, 0.4) is 0 Å². The number of carbonyl (C=O) groups is 2. The number of amides is 2. The van der Waals surface area contributed by atoms with Crippen LogP contribution < -0.4 is 10.1 Å². The molecule has 1 N–H and O–H groups in total. The monoisotopic (exact) mass is 640 g/mol. The van der Waals surface area contributed by atoms with E-state index in [4.69, 9.17) is 27.9 Å². The highest BCUT2D eigenvalue weighted by atomic mass is 79.9. The number of benzene rings is 4. The number of carbonyl (C=O) groups excluding carboxylic acids is 2. The van der Waals surface area contributed by atoms with E-state index < -0.39 is 6.04 Å². The van der Waals surface area contributed by atoms with Crippen molar-refractivity contribution in [3.63, 3.8) is 0 Å². The lowest BCUT2D eigenvalue weighted by molar-refractivity contribution is -0.143. The molecular formula is C32H31BrCl2N2O3. The summed E-state index contributed by atoms with van der Waals surface area (Å²) >= 11 is 16.1. The molecule has 0 radical (unpaired) electrons. The molecule has 2 atom stereocenters. The molecule has 0 aliphatic carbocycles. The van der Waals surface area contributed by atoms with E-state index in [9.17, 15) is 9.59 Å². The van der Waals surface area contributed by atoms with Crippen molar-refractivity contribution in [1.82, 2.24) is 10.2 Å². The second-order valence-electron chi connectivity index (χ2n) is 9.68. The minimum Gasteiger partial charge on any atom is -0.483 e. The van der Waals surface area contributed by atoms with Gasteiger partial charge in [0.1, 0.15) is 11.8 Å². The molecular weight excluding hydrogens is 611 g/mol. The van der Waals surface area contributed by atoms with Gasteiger partial charge < -0.3 is 15.0 Å². The standard InChI is InChI=1S/C32H31BrCl2N2O3/c1-3-21(2)36-32(39)28(18-22-9-5-4-6-10-22)37(19-23-13-15-26(34)27(35)17-23)30(38)20-40-29-16-14-24-11-7-8-12-25(24)31(29)33/h4-17,21,28H,3,18-20H2,1-2H3,(H,36,39)/t21-,28+/m1/s1. The summed E-state index contributed by atoms with van der Waals surface area (Å²) in [6.07, 6.45) is 1.11. The van der Waals surface area contributed by atoms with Gasteiger partial charge in [-0.3, -0.25) is 9.59 Å². The Morgan fingerprint density at radius 1 is 0.925 bits per heavy atom. The molecule has 0 saturated heterocycles. The third-order valence-electron chi connectivity index (χ3n) is 6.79. The zero-order valence-corrected chi connectivity index (χ0v) is 25.5. The Hall–Kier alpha value is -3.06. The molecule has 5 nitrogen and oxygen atoms in total. The number of nitrogens with one attached hydrogen (secondary N) is 1. The average molecular weight is 642 g/mol. The van der Waals surface area contributed by atoms with Crippen LogP contribution in [0.15, 0.2) is 89.4 Å². The number of fused-ring (bicyclic) bond motifs is 1. The van der Waals surface area contributed by atoms with E-state index >= 15 is 0 Å². The van der Waals surface area contributed by atoms with Gasteiger partial charge in [0.15, 0.2) is 6.61 Å². The van der Waals surface area contributed by atoms with Gasteiger partial charge >= 0.3 is 0 Å². The van der Waals surface area contributed by atoms with Crippen molar-refractivity contribution in [1.29, 1.82) is 0 Å². The lowest BCUT2D eigenvalue weighted by Gasteiger charge is -2.32. The zero-order chi connectivity index (χ0) is 28.6. The van der Waals surface area contributed by atoms with Gasteiger partial charge in [0.05, 0.1) is 14.5 Å². The fourth-order valence-electron chi connectivity index (χ4n) is 4.38. The summed E-state index contributed by atoms with van der Waals surface area (Å²) in [6.45, 7) is 3.86. The maximum absolute atomic E-state index is 13.9. The van der Waals surface area contributed by atoms with Gasteiger partial charge in [-0.25, -0.2) is 0 Å². The first kappa shape index (κ1) is 29.9. The molecule has 0 fully saturated rings. The van der Waals surface area contributed by atoms with E-state index in [-0.39, 0.29) is 31.0 Å². The van der Waals surface area contributed by atoms with Crippen LogP contribution in [0.5, 0.6) is 5.75 Å². The van der Waals surface area contributed by atoms with Crippen LogP contribution >= 0.6 is 39.1 Å². The maximum Gasteiger partial charge on any atom is 0.261 e. The van der Waals surface area contributed by atoms with E-state index in [0.29, 0.717) is 22.2 Å². The lowest BCUT2D eigenvalue weighted by Crippen LogP contribution is -2.53. The number of hydrogen-bond donors (Lipinski definition) is 1. The first-order valence-electron chi connectivity index (χ1n) is 13.1. The molecule has 0 aliphatic heterocycles. The highest BCUT2D eigenvalue weighted by molar-refractivity contribution is 9.10. The van der Waals surface area contributed by atoms with Gasteiger partial charge in [0.2, 0.25) is 5.91 Å². The fourth-order valence-corrected chi connectivity index (χ4v) is 5.31. The van der Waals surface area contributed by atoms with Crippen molar-refractivity contribution in [2.75, 3.05) is 6.61 Å². The number of hydrogen-bond acceptors (Lipinski definition) is 3. The summed E-state index contributed by atoms with van der Waals surface area (Å²) in [6, 6.07) is 25.8. The molecule has 8 heteroatoms. The van der Waals surface area contributed by atoms with Gasteiger partial charge in [0.25, 0.3) is 5.91 Å². The van der Waals surface area contributed by atoms with Crippen molar-refractivity contribution < 1.29 is 14.3 Å². The first-order valence-corrected chi connectivity index (χ1v) is 14.7. The Labute approximate surface area is 253 Å². The first-order chi connectivity index (χ1) is 19.3. The molecule has 0 saturated carbocycles. The Morgan fingerprint density at radius 2 is 1.65 bits per heavy atom. The molecule has 0 heterocycles. The third-order valence-corrected chi connectivity index (χ3v) is 8.35. The summed E-state index contributed by atoms with van der Waals surface area (Å²) in [7, 11) is 0. The van der Waals surface area contributed by atoms with Gasteiger partial charge in [0, 0.05) is 19.0 Å². The Bertz CT molecular complexity index is 1480. The van der Waals surface area contributed by atoms with Crippen LogP contribution in [0.1, 0.15) is 31.4 Å². The van der Waals surface area contributed by atoms with E-state index in [1.54, 1.807) is 23.1 Å². The molecule has 40 heavy (non-hydrogen) atoms. The van der Waals surface area contributed by atoms with Crippen molar-refractivity contribution in [2.45, 2.75) is 45.3 Å². The summed E-state index contributed by atoms with van der Waals surface area (Å²) in [5, 5.41) is 5.90. The molecule has 0 aromatic heterocycles. The fraction of sp³-hybridized carbons (Fsp3) is 0.250. The second kappa shape index (κ2) is 14.0. The van der Waals surface area contributed by atoms with Gasteiger partial charge in [-0.1, -0.05) is 96.9 Å². The topological polar surface area (TPSA) is 58.6 Å². The van der Waals surface area contributed by atoms with Crippen LogP contribution in [0.25, 0.3) is 10.8 Å². The minimum atomic E-state index is -0.776. The molecule has 4 rings (SSSR count). The average Bonchev–Trinajstić information content (AvgIpc) is 2.96. The van der Waals surface area contributed by atoms with Gasteiger partial charge in [-0.05, 0) is 69.4 Å². The number of ether oxygens (including phenoxy) is 1. The molecule has 2 amide bonds. The highest BCUT2D eigenvalue weighted by Gasteiger charge is 2.31. The molecule has 0 bridgehead atoms. The quantitative estimate of drug-likeness (QED) is 0.181. The highest BCUT2D eigenvalue weighted by Crippen LogP contribution is 2.33. The summed E-state index contributed by atoms with van der Waals surface area (Å²) in [4.78, 5) is 29.1. The summed E-state index contributed by atoms with van der Waals surface area (Å²) in [5.74, 6) is -0.00457. The van der Waals surface area contributed by atoms with E-state index in [1.165, 1.54) is 0 Å². The van der Waals surface area contributed by atoms with E-state index in [0.717, 1.165) is 32.8 Å². The number of nitrogens with zero attached hydrogens (tertiary/aromatic N) is 1. The Kier molecular flexibility index (Phi) is 10.5. The zero-order valence-electron chi connectivity index (χ0n) is 22.4. The smallest absolute Gasteiger partial charge is 0.261 e. The van der Waals surface area contributed by atoms with Crippen molar-refractivity contribution in [3.8, 4) is 5.75 Å². The number of halogens is 3. The molecule has 208 valence electrons. The van der Waals surface area contributed by atoms with Crippen LogP contribution in [0.4, 0.5) is 0 Å². The van der Waals surface area contributed by atoms with Crippen molar-refractivity contribution >= 4 is 61.7 Å². The maximum atomic E-state index is 13.9. The Balaban J connectivity index is 1.66. The molecule has 0 unspecified atom stereocenters. The molecule has 4 aromatic carbocycles. The lowest BCUT2D eigenvalue weighted by atomic mass is 10.0. The van der Waals surface area contributed by atoms with E-state index in [2.05, 4.69) is 21.2 Å². The summed E-state index contributed by atoms with van der Waals surface area (Å²) in [5.41, 5.74) is 1.70. The Morgan fingerprint density at radius 3 is 2.38 bits per heavy atom. The normalized spacial score (nSPS) is 12.5. The molecule has 0 aliphatic rings. The van der Waals surface area contributed by atoms with Crippen molar-refractivity contribution in [2.24, 2.45) is 0 Å². The second-order valence-corrected chi connectivity index (χ2v) is 11.3. The largest absolute Gasteiger partial charge is 0.483 e. The van der Waals surface area contributed by atoms with Crippen LogP contribution in [-0.4, -0.2) is 35.4 Å². The predicted octanol–water partition coefficient (Wildman–Crippen LogP) is 7.84. The molecule has 4 aromatic rings. The van der Waals surface area contributed by atoms with Crippen LogP contribution in [0.2, 0.25) is 10.0 Å². The predicted molar refractivity (Wildman–Crippen MR) is 166 cm³/mol. The van der Waals surface area contributed by atoms with E-state index in [1.807, 2.05) is 80.6 Å². The SMILES string of the molecule is CC[C@@H](C)NC(=O)[C@H](Cc1ccccc1)N(Cc1ccc(Cl)c(Cl)c1)C(=O)COc1ccc2ccccc2c1Br. The van der Waals surface area contributed by atoms with Gasteiger partial charge in [-0.2, -0.15) is 0 Å². The van der Waals surface area contributed by atoms with Crippen LogP contribution in [0, 0.1) is 0 Å². The minimum absolute atomic E-state index is 0.0440. The third kappa shape index (κ3) is 7.57. The molecule has 0 spiro atoms. The van der Waals surface area contributed by atoms with Crippen LogP contribution in [-0.2, 0) is 22.6 Å². The van der Waals surface area contributed by atoms with Crippen molar-refractivity contribution in [3.05, 3.63) is 111 Å².